The highest BCUT2D eigenvalue weighted by Crippen LogP contribution is 2.18. The van der Waals surface area contributed by atoms with E-state index in [4.69, 9.17) is 10.6 Å². The highest BCUT2D eigenvalue weighted by Gasteiger charge is 2.15. The van der Waals surface area contributed by atoms with Crippen LogP contribution in [0.5, 0.6) is 0 Å². The third-order valence-corrected chi connectivity index (χ3v) is 4.10. The maximum atomic E-state index is 5.68. The standard InChI is InChI=1S/C16H17N7OS/c1-23-16(19-21-22-23)15(11-5-3-7-13(9-11)25-2)20-24-10-12-6-4-8-14(17)18-12/h3-9H,10H2,1-2H3,(H2,17,18)/b20-15+. The number of anilines is 1. The Bertz CT molecular complexity index is 893. The lowest BCUT2D eigenvalue weighted by Gasteiger charge is -2.07. The van der Waals surface area contributed by atoms with E-state index >= 15 is 0 Å². The molecule has 25 heavy (non-hydrogen) atoms. The molecule has 9 heteroatoms. The molecular weight excluding hydrogens is 338 g/mol. The van der Waals surface area contributed by atoms with Crippen LogP contribution in [0.1, 0.15) is 17.1 Å². The first-order chi connectivity index (χ1) is 12.2. The summed E-state index contributed by atoms with van der Waals surface area (Å²) in [7, 11) is 1.75. The molecule has 128 valence electrons. The molecule has 8 nitrogen and oxygen atoms in total. The van der Waals surface area contributed by atoms with E-state index in [-0.39, 0.29) is 6.61 Å². The van der Waals surface area contributed by atoms with Crippen LogP contribution < -0.4 is 5.73 Å². The minimum Gasteiger partial charge on any atom is -0.389 e. The van der Waals surface area contributed by atoms with Gasteiger partial charge in [0, 0.05) is 17.5 Å². The van der Waals surface area contributed by atoms with Crippen molar-refractivity contribution >= 4 is 23.3 Å². The zero-order valence-corrected chi connectivity index (χ0v) is 14.6. The van der Waals surface area contributed by atoms with E-state index in [2.05, 4.69) is 25.7 Å². The minimum atomic E-state index is 0.196. The summed E-state index contributed by atoms with van der Waals surface area (Å²) in [5.41, 5.74) is 7.78. The third kappa shape index (κ3) is 4.13. The number of hydrogen-bond donors (Lipinski definition) is 1. The molecule has 0 unspecified atom stereocenters. The van der Waals surface area contributed by atoms with Crippen molar-refractivity contribution in [1.29, 1.82) is 0 Å². The maximum Gasteiger partial charge on any atom is 0.204 e. The van der Waals surface area contributed by atoms with Gasteiger partial charge in [-0.25, -0.2) is 9.67 Å². The number of nitrogen functional groups attached to an aromatic ring is 1. The fourth-order valence-corrected chi connectivity index (χ4v) is 2.62. The Morgan fingerprint density at radius 3 is 2.84 bits per heavy atom. The van der Waals surface area contributed by atoms with E-state index in [1.807, 2.05) is 42.7 Å². The number of aryl methyl sites for hydroxylation is 1. The highest BCUT2D eigenvalue weighted by atomic mass is 32.2. The lowest BCUT2D eigenvalue weighted by molar-refractivity contribution is 0.128. The molecule has 0 aliphatic heterocycles. The molecule has 0 aliphatic rings. The van der Waals surface area contributed by atoms with Crippen LogP contribution in [0.2, 0.25) is 0 Å². The molecule has 1 aromatic carbocycles. The summed E-state index contributed by atoms with van der Waals surface area (Å²) in [6, 6.07) is 13.3. The van der Waals surface area contributed by atoms with Gasteiger partial charge in [0.1, 0.15) is 5.82 Å². The first kappa shape index (κ1) is 16.9. The molecule has 3 rings (SSSR count). The number of aromatic nitrogens is 5. The van der Waals surface area contributed by atoms with Gasteiger partial charge in [-0.1, -0.05) is 23.4 Å². The second kappa shape index (κ2) is 7.75. The number of pyridine rings is 1. The zero-order chi connectivity index (χ0) is 17.6. The first-order valence-corrected chi connectivity index (χ1v) is 8.68. The second-order valence-corrected chi connectivity index (χ2v) is 6.00. The number of rotatable bonds is 6. The SMILES string of the molecule is CSc1cccc(/C(=N\OCc2cccc(N)n2)c2nnnn2C)c1. The van der Waals surface area contributed by atoms with E-state index in [0.29, 0.717) is 23.0 Å². The van der Waals surface area contributed by atoms with Gasteiger partial charge in [0.25, 0.3) is 0 Å². The predicted molar refractivity (Wildman–Crippen MR) is 96.1 cm³/mol. The molecular formula is C16H17N7OS. The molecule has 0 bridgehead atoms. The number of hydrogen-bond acceptors (Lipinski definition) is 8. The lowest BCUT2D eigenvalue weighted by Crippen LogP contribution is -2.12. The van der Waals surface area contributed by atoms with Crippen molar-refractivity contribution in [3.05, 3.63) is 59.5 Å². The topological polar surface area (TPSA) is 104 Å². The van der Waals surface area contributed by atoms with Gasteiger partial charge in [-0.15, -0.1) is 16.9 Å². The quantitative estimate of drug-likeness (QED) is 0.409. The van der Waals surface area contributed by atoms with Crippen LogP contribution in [0.15, 0.2) is 52.5 Å². The van der Waals surface area contributed by atoms with Gasteiger partial charge in [-0.2, -0.15) is 0 Å². The summed E-state index contributed by atoms with van der Waals surface area (Å²) in [5, 5.41) is 15.8. The fraction of sp³-hybridized carbons (Fsp3) is 0.188. The summed E-state index contributed by atoms with van der Waals surface area (Å²) >= 11 is 1.65. The normalized spacial score (nSPS) is 11.5. The summed E-state index contributed by atoms with van der Waals surface area (Å²) in [4.78, 5) is 10.8. The van der Waals surface area contributed by atoms with Crippen molar-refractivity contribution in [1.82, 2.24) is 25.2 Å². The van der Waals surface area contributed by atoms with Gasteiger partial charge >= 0.3 is 0 Å². The van der Waals surface area contributed by atoms with E-state index in [9.17, 15) is 0 Å². The van der Waals surface area contributed by atoms with Gasteiger partial charge in [0.15, 0.2) is 12.3 Å². The van der Waals surface area contributed by atoms with Gasteiger partial charge < -0.3 is 10.6 Å². The van der Waals surface area contributed by atoms with E-state index in [1.54, 1.807) is 29.6 Å². The molecule has 2 N–H and O–H groups in total. The van der Waals surface area contributed by atoms with Crippen molar-refractivity contribution in [2.75, 3.05) is 12.0 Å². The Morgan fingerprint density at radius 1 is 1.28 bits per heavy atom. The van der Waals surface area contributed by atoms with Crippen LogP contribution in [0.4, 0.5) is 5.82 Å². The molecule has 2 heterocycles. The van der Waals surface area contributed by atoms with Crippen LogP contribution in [0, 0.1) is 0 Å². The van der Waals surface area contributed by atoms with Crippen LogP contribution >= 0.6 is 11.8 Å². The smallest absolute Gasteiger partial charge is 0.204 e. The molecule has 0 radical (unpaired) electrons. The Hall–Kier alpha value is -2.94. The van der Waals surface area contributed by atoms with E-state index in [1.165, 1.54) is 0 Å². The van der Waals surface area contributed by atoms with Crippen molar-refractivity contribution in [2.24, 2.45) is 12.2 Å². The summed E-state index contributed by atoms with van der Waals surface area (Å²) in [6.45, 7) is 0.196. The first-order valence-electron chi connectivity index (χ1n) is 7.46. The Kier molecular flexibility index (Phi) is 5.24. The Labute approximate surface area is 149 Å². The molecule has 0 saturated carbocycles. The fourth-order valence-electron chi connectivity index (χ4n) is 2.16. The summed E-state index contributed by atoms with van der Waals surface area (Å²) in [5.74, 6) is 0.953. The van der Waals surface area contributed by atoms with Crippen molar-refractivity contribution in [2.45, 2.75) is 11.5 Å². The summed E-state index contributed by atoms with van der Waals surface area (Å²) < 4.78 is 1.55. The van der Waals surface area contributed by atoms with Crippen molar-refractivity contribution in [3.63, 3.8) is 0 Å². The number of oxime groups is 1. The molecule has 0 aliphatic carbocycles. The average molecular weight is 355 g/mol. The second-order valence-electron chi connectivity index (χ2n) is 5.13. The Morgan fingerprint density at radius 2 is 2.12 bits per heavy atom. The van der Waals surface area contributed by atoms with Gasteiger partial charge in [-0.05, 0) is 40.9 Å². The van der Waals surface area contributed by atoms with Crippen LogP contribution in [0.3, 0.4) is 0 Å². The van der Waals surface area contributed by atoms with Crippen LogP contribution in [0.25, 0.3) is 0 Å². The number of nitrogens with two attached hydrogens (primary N) is 1. The van der Waals surface area contributed by atoms with Gasteiger partial charge in [0.05, 0.1) is 5.69 Å². The zero-order valence-electron chi connectivity index (χ0n) is 13.8. The van der Waals surface area contributed by atoms with E-state index < -0.39 is 0 Å². The molecule has 0 atom stereocenters. The summed E-state index contributed by atoms with van der Waals surface area (Å²) in [6.07, 6.45) is 2.02. The maximum absolute atomic E-state index is 5.68. The molecule has 0 amide bonds. The van der Waals surface area contributed by atoms with Crippen LogP contribution in [-0.4, -0.2) is 37.2 Å². The van der Waals surface area contributed by atoms with Crippen molar-refractivity contribution < 1.29 is 4.84 Å². The minimum absolute atomic E-state index is 0.196. The molecule has 2 aromatic heterocycles. The Balaban J connectivity index is 1.89. The number of nitrogens with zero attached hydrogens (tertiary/aromatic N) is 6. The van der Waals surface area contributed by atoms with Gasteiger partial charge in [0.2, 0.25) is 5.82 Å². The predicted octanol–water partition coefficient (Wildman–Crippen LogP) is 1.88. The number of thioether (sulfide) groups is 1. The third-order valence-electron chi connectivity index (χ3n) is 3.37. The van der Waals surface area contributed by atoms with Gasteiger partial charge in [-0.3, -0.25) is 0 Å². The molecule has 0 fully saturated rings. The lowest BCUT2D eigenvalue weighted by atomic mass is 10.1. The van der Waals surface area contributed by atoms with E-state index in [0.717, 1.165) is 10.5 Å². The van der Waals surface area contributed by atoms with Crippen molar-refractivity contribution in [3.8, 4) is 0 Å². The van der Waals surface area contributed by atoms with Crippen LogP contribution in [-0.2, 0) is 18.5 Å². The molecule has 3 aromatic rings. The largest absolute Gasteiger partial charge is 0.389 e. The number of tetrazole rings is 1. The average Bonchev–Trinajstić information content (AvgIpc) is 3.04. The number of benzene rings is 1. The highest BCUT2D eigenvalue weighted by molar-refractivity contribution is 7.98. The molecule has 0 spiro atoms. The molecule has 0 saturated heterocycles. The monoisotopic (exact) mass is 355 g/mol.